The molecule has 0 aromatic carbocycles. The van der Waals surface area contributed by atoms with Crippen LogP contribution in [-0.4, -0.2) is 28.8 Å². The third kappa shape index (κ3) is 3.39. The molecular formula is C15H26N4O. The first-order valence-corrected chi connectivity index (χ1v) is 7.55. The summed E-state index contributed by atoms with van der Waals surface area (Å²) in [6, 6.07) is 0.309. The van der Waals surface area contributed by atoms with E-state index in [0.29, 0.717) is 18.4 Å². The van der Waals surface area contributed by atoms with Gasteiger partial charge in [0.1, 0.15) is 0 Å². The molecule has 1 aromatic heterocycles. The second kappa shape index (κ2) is 6.39. The fraction of sp³-hybridized carbons (Fsp3) is 0.733. The highest BCUT2D eigenvalue weighted by atomic mass is 16.1. The number of carbonyl (C=O) groups excluding carboxylic acids is 1. The average Bonchev–Trinajstić information content (AvgIpc) is 2.99. The number of carbonyl (C=O) groups is 1. The molecule has 0 bridgehead atoms. The van der Waals surface area contributed by atoms with Gasteiger partial charge in [0.25, 0.3) is 0 Å². The Morgan fingerprint density at radius 1 is 1.50 bits per heavy atom. The monoisotopic (exact) mass is 278 g/mol. The van der Waals surface area contributed by atoms with Gasteiger partial charge < -0.3 is 10.6 Å². The van der Waals surface area contributed by atoms with Crippen molar-refractivity contribution in [3.63, 3.8) is 0 Å². The summed E-state index contributed by atoms with van der Waals surface area (Å²) < 4.78 is 1.96. The van der Waals surface area contributed by atoms with Crippen LogP contribution in [0.1, 0.15) is 50.5 Å². The molecule has 112 valence electrons. The topological polar surface area (TPSA) is 59.0 Å². The van der Waals surface area contributed by atoms with Crippen molar-refractivity contribution >= 4 is 11.6 Å². The van der Waals surface area contributed by atoms with Gasteiger partial charge in [0.15, 0.2) is 0 Å². The van der Waals surface area contributed by atoms with E-state index in [1.54, 1.807) is 0 Å². The van der Waals surface area contributed by atoms with E-state index in [-0.39, 0.29) is 5.91 Å². The molecule has 1 aliphatic rings. The van der Waals surface area contributed by atoms with E-state index in [4.69, 9.17) is 0 Å². The molecule has 5 nitrogen and oxygen atoms in total. The van der Waals surface area contributed by atoms with Gasteiger partial charge in [-0.3, -0.25) is 9.48 Å². The molecule has 5 heteroatoms. The molecule has 1 aromatic rings. The number of hydrogen-bond acceptors (Lipinski definition) is 3. The number of nitrogens with zero attached hydrogens (tertiary/aromatic N) is 2. The third-order valence-electron chi connectivity index (χ3n) is 4.02. The van der Waals surface area contributed by atoms with Crippen molar-refractivity contribution in [3.05, 3.63) is 11.4 Å². The van der Waals surface area contributed by atoms with E-state index in [2.05, 4.69) is 29.6 Å². The molecular weight excluding hydrogens is 252 g/mol. The third-order valence-corrected chi connectivity index (χ3v) is 4.02. The highest BCUT2D eigenvalue weighted by Gasteiger charge is 2.18. The van der Waals surface area contributed by atoms with Gasteiger partial charge in [-0.2, -0.15) is 5.10 Å². The minimum Gasteiger partial charge on any atom is -0.323 e. The van der Waals surface area contributed by atoms with E-state index in [1.807, 2.05) is 18.5 Å². The second-order valence-electron chi connectivity index (χ2n) is 6.03. The van der Waals surface area contributed by atoms with Crippen LogP contribution in [0.15, 0.2) is 0 Å². The quantitative estimate of drug-likeness (QED) is 0.869. The SMILES string of the molecule is Cc1nn(C(C)C)c(C)c1NC(=O)CCC1CCNC1. The van der Waals surface area contributed by atoms with Crippen molar-refractivity contribution in [1.29, 1.82) is 0 Å². The number of hydrogen-bond donors (Lipinski definition) is 2. The first kappa shape index (κ1) is 15.0. The lowest BCUT2D eigenvalue weighted by Gasteiger charge is -2.10. The fourth-order valence-corrected chi connectivity index (χ4v) is 2.84. The number of amides is 1. The van der Waals surface area contributed by atoms with Crippen LogP contribution >= 0.6 is 0 Å². The zero-order valence-corrected chi connectivity index (χ0v) is 13.0. The summed E-state index contributed by atoms with van der Waals surface area (Å²) in [6.07, 6.45) is 2.75. The average molecular weight is 278 g/mol. The molecule has 20 heavy (non-hydrogen) atoms. The Morgan fingerprint density at radius 2 is 2.25 bits per heavy atom. The number of rotatable bonds is 5. The van der Waals surface area contributed by atoms with Gasteiger partial charge in [-0.1, -0.05) is 0 Å². The molecule has 0 saturated carbocycles. The summed E-state index contributed by atoms with van der Waals surface area (Å²) in [4.78, 5) is 12.1. The molecule has 0 spiro atoms. The van der Waals surface area contributed by atoms with Gasteiger partial charge >= 0.3 is 0 Å². The Kier molecular flexibility index (Phi) is 4.81. The Hall–Kier alpha value is -1.36. The Bertz CT molecular complexity index is 472. The van der Waals surface area contributed by atoms with E-state index < -0.39 is 0 Å². The number of nitrogens with one attached hydrogen (secondary N) is 2. The predicted octanol–water partition coefficient (Wildman–Crippen LogP) is 2.41. The van der Waals surface area contributed by atoms with E-state index in [0.717, 1.165) is 36.6 Å². The molecule has 2 heterocycles. The van der Waals surface area contributed by atoms with Crippen molar-refractivity contribution in [2.45, 2.75) is 53.0 Å². The molecule has 2 N–H and O–H groups in total. The van der Waals surface area contributed by atoms with E-state index >= 15 is 0 Å². The normalized spacial score (nSPS) is 18.8. The fourth-order valence-electron chi connectivity index (χ4n) is 2.84. The van der Waals surface area contributed by atoms with Crippen molar-refractivity contribution in [1.82, 2.24) is 15.1 Å². The summed E-state index contributed by atoms with van der Waals surface area (Å²) in [5.74, 6) is 0.757. The van der Waals surface area contributed by atoms with Gasteiger partial charge in [-0.15, -0.1) is 0 Å². The smallest absolute Gasteiger partial charge is 0.224 e. The predicted molar refractivity (Wildman–Crippen MR) is 80.9 cm³/mol. The van der Waals surface area contributed by atoms with Gasteiger partial charge in [0, 0.05) is 12.5 Å². The molecule has 1 amide bonds. The number of aromatic nitrogens is 2. The van der Waals surface area contributed by atoms with Crippen molar-refractivity contribution < 1.29 is 4.79 Å². The standard InChI is InChI=1S/C15H26N4O/c1-10(2)19-12(4)15(11(3)18-19)17-14(20)6-5-13-7-8-16-9-13/h10,13,16H,5-9H2,1-4H3,(H,17,20). The van der Waals surface area contributed by atoms with Crippen LogP contribution in [0.25, 0.3) is 0 Å². The summed E-state index contributed by atoms with van der Waals surface area (Å²) in [7, 11) is 0. The van der Waals surface area contributed by atoms with Gasteiger partial charge in [-0.05, 0) is 59.5 Å². The molecule has 2 rings (SSSR count). The summed E-state index contributed by atoms with van der Waals surface area (Å²) >= 11 is 0. The van der Waals surface area contributed by atoms with Gasteiger partial charge in [-0.25, -0.2) is 0 Å². The summed E-state index contributed by atoms with van der Waals surface area (Å²) in [6.45, 7) is 10.3. The molecule has 1 fully saturated rings. The largest absolute Gasteiger partial charge is 0.323 e. The zero-order valence-electron chi connectivity index (χ0n) is 13.0. The lowest BCUT2D eigenvalue weighted by molar-refractivity contribution is -0.116. The minimum atomic E-state index is 0.103. The highest BCUT2D eigenvalue weighted by Crippen LogP contribution is 2.23. The molecule has 0 aliphatic carbocycles. The minimum absolute atomic E-state index is 0.103. The van der Waals surface area contributed by atoms with Crippen LogP contribution in [0.5, 0.6) is 0 Å². The van der Waals surface area contributed by atoms with Gasteiger partial charge in [0.2, 0.25) is 5.91 Å². The number of anilines is 1. The highest BCUT2D eigenvalue weighted by molar-refractivity contribution is 5.91. The van der Waals surface area contributed by atoms with Crippen LogP contribution in [-0.2, 0) is 4.79 Å². The first-order valence-electron chi connectivity index (χ1n) is 7.55. The van der Waals surface area contributed by atoms with Crippen molar-refractivity contribution in [2.75, 3.05) is 18.4 Å². The lowest BCUT2D eigenvalue weighted by Crippen LogP contribution is -2.16. The molecule has 1 saturated heterocycles. The Balaban J connectivity index is 1.93. The summed E-state index contributed by atoms with van der Waals surface area (Å²) in [5.41, 5.74) is 2.81. The summed E-state index contributed by atoms with van der Waals surface area (Å²) in [5, 5.41) is 10.9. The van der Waals surface area contributed by atoms with Crippen LogP contribution < -0.4 is 10.6 Å². The Morgan fingerprint density at radius 3 is 2.80 bits per heavy atom. The maximum absolute atomic E-state index is 12.1. The van der Waals surface area contributed by atoms with Crippen LogP contribution in [0, 0.1) is 19.8 Å². The number of aryl methyl sites for hydroxylation is 1. The second-order valence-corrected chi connectivity index (χ2v) is 6.03. The van der Waals surface area contributed by atoms with Crippen LogP contribution in [0.2, 0.25) is 0 Å². The molecule has 1 atom stereocenters. The van der Waals surface area contributed by atoms with Crippen LogP contribution in [0.3, 0.4) is 0 Å². The lowest BCUT2D eigenvalue weighted by atomic mass is 10.0. The molecule has 1 unspecified atom stereocenters. The first-order chi connectivity index (χ1) is 9.49. The van der Waals surface area contributed by atoms with Crippen LogP contribution in [0.4, 0.5) is 5.69 Å². The van der Waals surface area contributed by atoms with Gasteiger partial charge in [0.05, 0.1) is 17.1 Å². The van der Waals surface area contributed by atoms with Crippen molar-refractivity contribution in [2.24, 2.45) is 5.92 Å². The maximum Gasteiger partial charge on any atom is 0.224 e. The Labute approximate surface area is 121 Å². The molecule has 1 aliphatic heterocycles. The zero-order chi connectivity index (χ0) is 14.7. The van der Waals surface area contributed by atoms with E-state index in [1.165, 1.54) is 6.42 Å². The maximum atomic E-state index is 12.1. The van der Waals surface area contributed by atoms with E-state index in [9.17, 15) is 4.79 Å². The molecule has 0 radical (unpaired) electrons. The van der Waals surface area contributed by atoms with Crippen molar-refractivity contribution in [3.8, 4) is 0 Å².